The maximum atomic E-state index is 13.2. The third kappa shape index (κ3) is 4.58. The summed E-state index contributed by atoms with van der Waals surface area (Å²) in [5.74, 6) is -0.225. The molecule has 6 heteroatoms. The minimum Gasteiger partial charge on any atom is -0.208 e. The second-order valence-electron chi connectivity index (χ2n) is 5.25. The standard InChI is InChI=1S/C14H19FN2O2S/c1-10(2)4-5-11(3)17-20(18,19)13-6-7-14(15)12(8-13)9-16/h6-8,10-11,17H,4-5H2,1-3H3. The average Bonchev–Trinajstić information content (AvgIpc) is 2.36. The Labute approximate surface area is 119 Å². The van der Waals surface area contributed by atoms with Crippen LogP contribution in [0.3, 0.4) is 0 Å². The highest BCUT2D eigenvalue weighted by Crippen LogP contribution is 2.16. The van der Waals surface area contributed by atoms with E-state index < -0.39 is 15.8 Å². The van der Waals surface area contributed by atoms with Crippen LogP contribution in [0.5, 0.6) is 0 Å². The van der Waals surface area contributed by atoms with E-state index in [9.17, 15) is 12.8 Å². The van der Waals surface area contributed by atoms with E-state index in [1.807, 2.05) is 0 Å². The van der Waals surface area contributed by atoms with Crippen LogP contribution in [0, 0.1) is 23.1 Å². The summed E-state index contributed by atoms with van der Waals surface area (Å²) in [6.45, 7) is 5.93. The molecule has 0 saturated carbocycles. The van der Waals surface area contributed by atoms with Crippen molar-refractivity contribution in [2.75, 3.05) is 0 Å². The smallest absolute Gasteiger partial charge is 0.208 e. The molecule has 4 nitrogen and oxygen atoms in total. The first kappa shape index (κ1) is 16.6. The van der Waals surface area contributed by atoms with Crippen molar-refractivity contribution in [3.63, 3.8) is 0 Å². The molecule has 0 fully saturated rings. The van der Waals surface area contributed by atoms with Crippen LogP contribution in [0.1, 0.15) is 39.2 Å². The fraction of sp³-hybridized carbons (Fsp3) is 0.500. The number of halogens is 1. The number of nitriles is 1. The molecule has 20 heavy (non-hydrogen) atoms. The molecule has 1 unspecified atom stereocenters. The van der Waals surface area contributed by atoms with Gasteiger partial charge in [0.05, 0.1) is 10.5 Å². The summed E-state index contributed by atoms with van der Waals surface area (Å²) < 4.78 is 40.0. The maximum Gasteiger partial charge on any atom is 0.240 e. The van der Waals surface area contributed by atoms with Crippen molar-refractivity contribution in [3.05, 3.63) is 29.6 Å². The van der Waals surface area contributed by atoms with Crippen LogP contribution in [0.4, 0.5) is 4.39 Å². The quantitative estimate of drug-likeness (QED) is 0.878. The van der Waals surface area contributed by atoms with Gasteiger partial charge in [0.2, 0.25) is 10.0 Å². The van der Waals surface area contributed by atoms with E-state index in [0.717, 1.165) is 31.0 Å². The highest BCUT2D eigenvalue weighted by atomic mass is 32.2. The number of hydrogen-bond donors (Lipinski definition) is 1. The first-order valence-electron chi connectivity index (χ1n) is 6.48. The van der Waals surface area contributed by atoms with Crippen molar-refractivity contribution in [2.24, 2.45) is 5.92 Å². The molecule has 0 aromatic heterocycles. The Morgan fingerprint density at radius 2 is 1.95 bits per heavy atom. The number of rotatable bonds is 6. The lowest BCUT2D eigenvalue weighted by Gasteiger charge is -2.15. The van der Waals surface area contributed by atoms with Gasteiger partial charge in [-0.3, -0.25) is 0 Å². The molecule has 0 saturated heterocycles. The zero-order chi connectivity index (χ0) is 15.3. The third-order valence-electron chi connectivity index (χ3n) is 2.90. The van der Waals surface area contributed by atoms with Gasteiger partial charge in [0.1, 0.15) is 11.9 Å². The summed E-state index contributed by atoms with van der Waals surface area (Å²) in [4.78, 5) is -0.0909. The number of nitrogens with zero attached hydrogens (tertiary/aromatic N) is 1. The van der Waals surface area contributed by atoms with E-state index in [0.29, 0.717) is 5.92 Å². The number of benzene rings is 1. The first-order chi connectivity index (χ1) is 9.26. The Bertz CT molecular complexity index is 606. The summed E-state index contributed by atoms with van der Waals surface area (Å²) in [5, 5.41) is 8.73. The van der Waals surface area contributed by atoms with Crippen LogP contribution >= 0.6 is 0 Å². The molecule has 0 bridgehead atoms. The second kappa shape index (κ2) is 6.82. The molecule has 110 valence electrons. The predicted molar refractivity (Wildman–Crippen MR) is 75.0 cm³/mol. The van der Waals surface area contributed by atoms with Gasteiger partial charge in [0.25, 0.3) is 0 Å². The van der Waals surface area contributed by atoms with Crippen molar-refractivity contribution >= 4 is 10.0 Å². The lowest BCUT2D eigenvalue weighted by atomic mass is 10.1. The number of hydrogen-bond acceptors (Lipinski definition) is 3. The van der Waals surface area contributed by atoms with Gasteiger partial charge in [-0.2, -0.15) is 5.26 Å². The van der Waals surface area contributed by atoms with Crippen molar-refractivity contribution in [1.29, 1.82) is 5.26 Å². The van der Waals surface area contributed by atoms with Gasteiger partial charge >= 0.3 is 0 Å². The number of nitrogens with one attached hydrogen (secondary N) is 1. The minimum absolute atomic E-state index is 0.0909. The van der Waals surface area contributed by atoms with Crippen LogP contribution in [0.2, 0.25) is 0 Å². The summed E-state index contributed by atoms with van der Waals surface area (Å²) >= 11 is 0. The summed E-state index contributed by atoms with van der Waals surface area (Å²) in [5.41, 5.74) is -0.275. The van der Waals surface area contributed by atoms with Crippen LogP contribution in [0.15, 0.2) is 23.1 Å². The molecular formula is C14H19FN2O2S. The topological polar surface area (TPSA) is 70.0 Å². The molecule has 1 aromatic rings. The van der Waals surface area contributed by atoms with Crippen molar-refractivity contribution in [3.8, 4) is 6.07 Å². The highest BCUT2D eigenvalue weighted by molar-refractivity contribution is 7.89. The molecule has 0 aliphatic rings. The van der Waals surface area contributed by atoms with Gasteiger partial charge in [-0.15, -0.1) is 0 Å². The Hall–Kier alpha value is -1.45. The lowest BCUT2D eigenvalue weighted by Crippen LogP contribution is -2.32. The maximum absolute atomic E-state index is 13.2. The molecule has 1 aromatic carbocycles. The van der Waals surface area contributed by atoms with Gasteiger partial charge in [0.15, 0.2) is 0 Å². The Balaban J connectivity index is 2.86. The van der Waals surface area contributed by atoms with Gasteiger partial charge in [-0.05, 0) is 43.9 Å². The van der Waals surface area contributed by atoms with E-state index >= 15 is 0 Å². The first-order valence-corrected chi connectivity index (χ1v) is 7.96. The van der Waals surface area contributed by atoms with Crippen molar-refractivity contribution in [2.45, 2.75) is 44.6 Å². The van der Waals surface area contributed by atoms with Gasteiger partial charge in [-0.25, -0.2) is 17.5 Å². The fourth-order valence-corrected chi connectivity index (χ4v) is 3.04. The van der Waals surface area contributed by atoms with Gasteiger partial charge in [-0.1, -0.05) is 13.8 Å². The van der Waals surface area contributed by atoms with Crippen molar-refractivity contribution in [1.82, 2.24) is 4.72 Å². The Morgan fingerprint density at radius 3 is 2.50 bits per heavy atom. The Morgan fingerprint density at radius 1 is 1.30 bits per heavy atom. The van der Waals surface area contributed by atoms with Gasteiger partial charge in [0, 0.05) is 6.04 Å². The van der Waals surface area contributed by atoms with Gasteiger partial charge < -0.3 is 0 Å². The normalized spacial score (nSPS) is 13.2. The third-order valence-corrected chi connectivity index (χ3v) is 4.49. The minimum atomic E-state index is -3.72. The summed E-state index contributed by atoms with van der Waals surface area (Å²) in [6.07, 6.45) is 1.64. The lowest BCUT2D eigenvalue weighted by molar-refractivity contribution is 0.485. The molecule has 0 aliphatic heterocycles. The largest absolute Gasteiger partial charge is 0.240 e. The van der Waals surface area contributed by atoms with E-state index in [-0.39, 0.29) is 16.5 Å². The van der Waals surface area contributed by atoms with Crippen LogP contribution < -0.4 is 4.72 Å². The van der Waals surface area contributed by atoms with Crippen LogP contribution in [-0.4, -0.2) is 14.5 Å². The molecule has 0 radical (unpaired) electrons. The summed E-state index contributed by atoms with van der Waals surface area (Å²) in [6, 6.07) is 4.62. The molecular weight excluding hydrogens is 279 g/mol. The summed E-state index contributed by atoms with van der Waals surface area (Å²) in [7, 11) is -3.72. The molecule has 1 rings (SSSR count). The average molecular weight is 298 g/mol. The monoisotopic (exact) mass is 298 g/mol. The molecule has 1 N–H and O–H groups in total. The zero-order valence-electron chi connectivity index (χ0n) is 11.9. The van der Waals surface area contributed by atoms with E-state index in [2.05, 4.69) is 18.6 Å². The Kier molecular flexibility index (Phi) is 5.66. The van der Waals surface area contributed by atoms with E-state index in [4.69, 9.17) is 5.26 Å². The highest BCUT2D eigenvalue weighted by Gasteiger charge is 2.19. The predicted octanol–water partition coefficient (Wildman–Crippen LogP) is 2.80. The zero-order valence-corrected chi connectivity index (χ0v) is 12.7. The SMILES string of the molecule is CC(C)CCC(C)NS(=O)(=O)c1ccc(F)c(C#N)c1. The molecule has 1 atom stereocenters. The van der Waals surface area contributed by atoms with Crippen LogP contribution in [-0.2, 0) is 10.0 Å². The fourth-order valence-electron chi connectivity index (χ4n) is 1.73. The second-order valence-corrected chi connectivity index (χ2v) is 6.96. The molecule has 0 aliphatic carbocycles. The number of sulfonamides is 1. The van der Waals surface area contributed by atoms with E-state index in [1.54, 1.807) is 13.0 Å². The van der Waals surface area contributed by atoms with E-state index in [1.165, 1.54) is 0 Å². The molecule has 0 heterocycles. The van der Waals surface area contributed by atoms with Crippen LogP contribution in [0.25, 0.3) is 0 Å². The molecule has 0 amide bonds. The van der Waals surface area contributed by atoms with Crippen molar-refractivity contribution < 1.29 is 12.8 Å². The molecule has 0 spiro atoms.